The van der Waals surface area contributed by atoms with E-state index in [-0.39, 0.29) is 12.6 Å². The Morgan fingerprint density at radius 3 is 2.86 bits per heavy atom. The molecule has 0 fully saturated rings. The Kier molecular flexibility index (Phi) is 7.41. The molecule has 0 aliphatic heterocycles. The minimum Gasteiger partial charge on any atom is -0.492 e. The van der Waals surface area contributed by atoms with Gasteiger partial charge in [-0.3, -0.25) is 14.9 Å². The zero-order valence-electron chi connectivity index (χ0n) is 16.7. The largest absolute Gasteiger partial charge is 0.492 e. The first-order valence-electron chi connectivity index (χ1n) is 9.90. The van der Waals surface area contributed by atoms with E-state index in [1.165, 1.54) is 17.2 Å². The molecule has 1 unspecified atom stereocenters. The minimum absolute atomic E-state index is 0.104. The van der Waals surface area contributed by atoms with Crippen LogP contribution < -0.4 is 10.2 Å². The summed E-state index contributed by atoms with van der Waals surface area (Å²) in [6, 6.07) is 14.4. The lowest BCUT2D eigenvalue weighted by molar-refractivity contribution is -0.124. The second-order valence-corrected chi connectivity index (χ2v) is 7.20. The molecule has 3 rings (SSSR count). The molecule has 0 saturated carbocycles. The molecule has 3 N–H and O–H groups in total. The molecule has 6 nitrogen and oxygen atoms in total. The number of nitrogens with one attached hydrogen (secondary N) is 1. The number of rotatable bonds is 9. The van der Waals surface area contributed by atoms with E-state index in [1.807, 2.05) is 37.3 Å². The number of para-hydroxylation sites is 1. The van der Waals surface area contributed by atoms with Crippen LogP contribution in [0.25, 0.3) is 6.08 Å². The van der Waals surface area contributed by atoms with Gasteiger partial charge in [0.1, 0.15) is 12.4 Å². The summed E-state index contributed by atoms with van der Waals surface area (Å²) in [5, 5.41) is 18.1. The number of benzene rings is 2. The first-order valence-corrected chi connectivity index (χ1v) is 9.90. The molecule has 1 aliphatic carbocycles. The van der Waals surface area contributed by atoms with Gasteiger partial charge in [-0.15, -0.1) is 0 Å². The summed E-state index contributed by atoms with van der Waals surface area (Å²) in [4.78, 5) is 13.4. The van der Waals surface area contributed by atoms with Crippen LogP contribution >= 0.6 is 0 Å². The van der Waals surface area contributed by atoms with Crippen molar-refractivity contribution in [3.8, 4) is 5.75 Å². The molecule has 1 aliphatic rings. The average Bonchev–Trinajstić information content (AvgIpc) is 3.15. The van der Waals surface area contributed by atoms with E-state index in [9.17, 15) is 9.90 Å². The van der Waals surface area contributed by atoms with Gasteiger partial charge < -0.3 is 9.84 Å². The molecular formula is C23H28N2O4. The van der Waals surface area contributed by atoms with Gasteiger partial charge in [-0.25, -0.2) is 5.48 Å². The highest BCUT2D eigenvalue weighted by Gasteiger charge is 2.27. The molecule has 154 valence electrons. The van der Waals surface area contributed by atoms with Crippen LogP contribution in [0.2, 0.25) is 0 Å². The highest BCUT2D eigenvalue weighted by Crippen LogP contribution is 2.36. The van der Waals surface area contributed by atoms with Crippen molar-refractivity contribution >= 4 is 12.0 Å². The standard InChI is InChI=1S/C23H28N2O4/c1-17-4-2-3-5-22(17)29-15-13-25(12-14-26)21-10-8-19-16-18(6-9-20(19)21)7-11-23(27)24-28/h2-7,9,11,16,21,26,28H,8,10,12-15H2,1H3,(H,24,27). The molecule has 6 heteroatoms. The summed E-state index contributed by atoms with van der Waals surface area (Å²) in [5.41, 5.74) is 6.14. The maximum atomic E-state index is 11.2. The molecule has 2 aromatic carbocycles. The average molecular weight is 396 g/mol. The van der Waals surface area contributed by atoms with Crippen LogP contribution in [0.3, 0.4) is 0 Å². The van der Waals surface area contributed by atoms with Crippen molar-refractivity contribution in [3.63, 3.8) is 0 Å². The Labute approximate surface area is 171 Å². The zero-order valence-corrected chi connectivity index (χ0v) is 16.7. The summed E-state index contributed by atoms with van der Waals surface area (Å²) >= 11 is 0. The summed E-state index contributed by atoms with van der Waals surface area (Å²) in [7, 11) is 0. The highest BCUT2D eigenvalue weighted by atomic mass is 16.5. The summed E-state index contributed by atoms with van der Waals surface area (Å²) in [6.07, 6.45) is 4.92. The van der Waals surface area contributed by atoms with Gasteiger partial charge in [0.25, 0.3) is 5.91 Å². The topological polar surface area (TPSA) is 82.0 Å². The second-order valence-electron chi connectivity index (χ2n) is 7.20. The van der Waals surface area contributed by atoms with Crippen molar-refractivity contribution in [2.45, 2.75) is 25.8 Å². The number of aliphatic hydroxyl groups is 1. The lowest BCUT2D eigenvalue weighted by Crippen LogP contribution is -2.34. The summed E-state index contributed by atoms with van der Waals surface area (Å²) < 4.78 is 5.95. The van der Waals surface area contributed by atoms with Crippen molar-refractivity contribution in [1.82, 2.24) is 10.4 Å². The van der Waals surface area contributed by atoms with Crippen molar-refractivity contribution < 1.29 is 19.8 Å². The first-order chi connectivity index (χ1) is 14.1. The van der Waals surface area contributed by atoms with E-state index in [1.54, 1.807) is 11.6 Å². The van der Waals surface area contributed by atoms with E-state index in [4.69, 9.17) is 9.94 Å². The smallest absolute Gasteiger partial charge is 0.267 e. The molecule has 0 radical (unpaired) electrons. The Bertz CT molecular complexity index is 866. The fourth-order valence-electron chi connectivity index (χ4n) is 3.85. The van der Waals surface area contributed by atoms with Gasteiger partial charge in [0.15, 0.2) is 0 Å². The molecule has 2 aromatic rings. The third-order valence-corrected chi connectivity index (χ3v) is 5.31. The molecule has 29 heavy (non-hydrogen) atoms. The number of aryl methyl sites for hydroxylation is 2. The number of hydroxylamine groups is 1. The summed E-state index contributed by atoms with van der Waals surface area (Å²) in [5.74, 6) is 0.345. The Morgan fingerprint density at radius 2 is 2.10 bits per heavy atom. The van der Waals surface area contributed by atoms with Gasteiger partial charge in [-0.05, 0) is 54.2 Å². The maximum Gasteiger partial charge on any atom is 0.267 e. The first kappa shape index (κ1) is 21.0. The van der Waals surface area contributed by atoms with E-state index in [2.05, 4.69) is 17.0 Å². The SMILES string of the molecule is Cc1ccccc1OCCN(CCO)C1CCc2cc(C=CC(=O)NO)ccc21. The third kappa shape index (κ3) is 5.44. The monoisotopic (exact) mass is 396 g/mol. The number of carbonyl (C=O) groups is 1. The minimum atomic E-state index is -0.550. The number of ether oxygens (including phenoxy) is 1. The predicted molar refractivity (Wildman–Crippen MR) is 112 cm³/mol. The maximum absolute atomic E-state index is 11.2. The Balaban J connectivity index is 1.66. The van der Waals surface area contributed by atoms with Gasteiger partial charge in [0, 0.05) is 25.2 Å². The zero-order chi connectivity index (χ0) is 20.6. The number of nitrogens with zero attached hydrogens (tertiary/aromatic N) is 1. The van der Waals surface area contributed by atoms with E-state index >= 15 is 0 Å². The number of aliphatic hydroxyl groups excluding tert-OH is 1. The molecule has 0 spiro atoms. The van der Waals surface area contributed by atoms with Crippen LogP contribution in [0, 0.1) is 6.92 Å². The molecule has 1 atom stereocenters. The van der Waals surface area contributed by atoms with E-state index < -0.39 is 5.91 Å². The normalized spacial score (nSPS) is 15.7. The lowest BCUT2D eigenvalue weighted by Gasteiger charge is -2.29. The van der Waals surface area contributed by atoms with Crippen LogP contribution in [-0.2, 0) is 11.2 Å². The van der Waals surface area contributed by atoms with Crippen molar-refractivity contribution in [1.29, 1.82) is 0 Å². The van der Waals surface area contributed by atoms with Gasteiger partial charge in [-0.2, -0.15) is 0 Å². The number of fused-ring (bicyclic) bond motifs is 1. The van der Waals surface area contributed by atoms with Crippen molar-refractivity contribution in [3.05, 3.63) is 70.8 Å². The molecule has 0 aromatic heterocycles. The van der Waals surface area contributed by atoms with Crippen LogP contribution in [0.4, 0.5) is 0 Å². The predicted octanol–water partition coefficient (Wildman–Crippen LogP) is 2.87. The highest BCUT2D eigenvalue weighted by molar-refractivity contribution is 5.90. The quantitative estimate of drug-likeness (QED) is 0.345. The number of hydrogen-bond acceptors (Lipinski definition) is 5. The number of carbonyl (C=O) groups excluding carboxylic acids is 1. The molecule has 0 bridgehead atoms. The van der Waals surface area contributed by atoms with Crippen LogP contribution in [-0.4, -0.2) is 47.4 Å². The Morgan fingerprint density at radius 1 is 1.28 bits per heavy atom. The fraction of sp³-hybridized carbons (Fsp3) is 0.348. The molecule has 0 saturated heterocycles. The molecular weight excluding hydrogens is 368 g/mol. The van der Waals surface area contributed by atoms with E-state index in [0.717, 1.165) is 36.3 Å². The van der Waals surface area contributed by atoms with Gasteiger partial charge in [0.2, 0.25) is 0 Å². The number of hydrogen-bond donors (Lipinski definition) is 3. The fourth-order valence-corrected chi connectivity index (χ4v) is 3.85. The van der Waals surface area contributed by atoms with Crippen molar-refractivity contribution in [2.24, 2.45) is 0 Å². The summed E-state index contributed by atoms with van der Waals surface area (Å²) in [6.45, 7) is 4.03. The van der Waals surface area contributed by atoms with Crippen molar-refractivity contribution in [2.75, 3.05) is 26.3 Å². The number of amides is 1. The molecule has 1 amide bonds. The lowest BCUT2D eigenvalue weighted by atomic mass is 10.0. The molecule has 0 heterocycles. The van der Waals surface area contributed by atoms with Crippen LogP contribution in [0.15, 0.2) is 48.5 Å². The van der Waals surface area contributed by atoms with E-state index in [0.29, 0.717) is 13.2 Å². The second kappa shape index (κ2) is 10.2. The van der Waals surface area contributed by atoms with Crippen LogP contribution in [0.5, 0.6) is 5.75 Å². The van der Waals surface area contributed by atoms with Gasteiger partial charge >= 0.3 is 0 Å². The Hall–Kier alpha value is -2.67. The van der Waals surface area contributed by atoms with Gasteiger partial charge in [0.05, 0.1) is 6.61 Å². The van der Waals surface area contributed by atoms with Crippen LogP contribution in [0.1, 0.15) is 34.7 Å². The van der Waals surface area contributed by atoms with Gasteiger partial charge in [-0.1, -0.05) is 36.4 Å². The third-order valence-electron chi connectivity index (χ3n) is 5.31.